The van der Waals surface area contributed by atoms with Crippen LogP contribution in [0.5, 0.6) is 0 Å². The van der Waals surface area contributed by atoms with Crippen molar-refractivity contribution in [3.05, 3.63) is 11.9 Å². The number of rotatable bonds is 2. The Bertz CT molecular complexity index is 248. The van der Waals surface area contributed by atoms with E-state index in [-0.39, 0.29) is 0 Å². The summed E-state index contributed by atoms with van der Waals surface area (Å²) in [4.78, 5) is 0. The van der Waals surface area contributed by atoms with E-state index in [1.165, 1.54) is 31.4 Å². The van der Waals surface area contributed by atoms with Crippen LogP contribution in [0.1, 0.15) is 44.2 Å². The Labute approximate surface area is 72.8 Å². The summed E-state index contributed by atoms with van der Waals surface area (Å²) in [7, 11) is 0. The molecule has 0 radical (unpaired) electrons. The molecule has 66 valence electrons. The van der Waals surface area contributed by atoms with Crippen LogP contribution in [0.3, 0.4) is 0 Å². The van der Waals surface area contributed by atoms with Crippen molar-refractivity contribution in [1.82, 2.24) is 15.0 Å². The molecule has 1 fully saturated rings. The van der Waals surface area contributed by atoms with Crippen molar-refractivity contribution >= 4 is 0 Å². The fourth-order valence-electron chi connectivity index (χ4n) is 1.88. The van der Waals surface area contributed by atoms with Crippen LogP contribution in [0.25, 0.3) is 0 Å². The van der Waals surface area contributed by atoms with Gasteiger partial charge < -0.3 is 0 Å². The first-order valence-electron chi connectivity index (χ1n) is 4.80. The summed E-state index contributed by atoms with van der Waals surface area (Å²) in [6.45, 7) is 3.02. The van der Waals surface area contributed by atoms with E-state index in [0.29, 0.717) is 5.92 Å². The van der Waals surface area contributed by atoms with E-state index in [1.807, 2.05) is 4.68 Å². The van der Waals surface area contributed by atoms with Crippen molar-refractivity contribution < 1.29 is 0 Å². The van der Waals surface area contributed by atoms with Crippen LogP contribution in [0.15, 0.2) is 6.20 Å². The van der Waals surface area contributed by atoms with Gasteiger partial charge in [0.2, 0.25) is 0 Å². The summed E-state index contributed by atoms with van der Waals surface area (Å²) < 4.78 is 1.91. The van der Waals surface area contributed by atoms with Gasteiger partial charge in [-0.25, -0.2) is 0 Å². The molecule has 0 atom stereocenters. The van der Waals surface area contributed by atoms with E-state index >= 15 is 0 Å². The zero-order valence-corrected chi connectivity index (χ0v) is 7.53. The predicted molar refractivity (Wildman–Crippen MR) is 46.9 cm³/mol. The van der Waals surface area contributed by atoms with Crippen LogP contribution in [-0.4, -0.2) is 15.0 Å². The predicted octanol–water partition coefficient (Wildman–Crippen LogP) is 1.96. The van der Waals surface area contributed by atoms with Gasteiger partial charge in [0.05, 0.1) is 5.69 Å². The Balaban J connectivity index is 2.11. The highest BCUT2D eigenvalue weighted by Gasteiger charge is 2.19. The van der Waals surface area contributed by atoms with Gasteiger partial charge in [-0.15, -0.1) is 5.10 Å². The second kappa shape index (κ2) is 3.25. The first-order valence-corrected chi connectivity index (χ1v) is 4.80. The lowest BCUT2D eigenvalue weighted by molar-refractivity contribution is 0.625. The third kappa shape index (κ3) is 1.36. The molecule has 1 aromatic heterocycles. The van der Waals surface area contributed by atoms with Gasteiger partial charge in [-0.1, -0.05) is 18.1 Å². The average Bonchev–Trinajstić information content (AvgIpc) is 2.75. The SMILES string of the molecule is CCn1cc(C2CCCC2)nn1. The fourth-order valence-corrected chi connectivity index (χ4v) is 1.88. The molecule has 1 aromatic rings. The van der Waals surface area contributed by atoms with Crippen molar-refractivity contribution in [2.24, 2.45) is 0 Å². The summed E-state index contributed by atoms with van der Waals surface area (Å²) >= 11 is 0. The first kappa shape index (κ1) is 7.77. The first-order chi connectivity index (χ1) is 5.90. The molecule has 1 heterocycles. The molecule has 0 aliphatic heterocycles. The van der Waals surface area contributed by atoms with E-state index in [1.54, 1.807) is 0 Å². The van der Waals surface area contributed by atoms with Gasteiger partial charge in [-0.2, -0.15) is 0 Å². The monoisotopic (exact) mass is 165 g/mol. The molecule has 1 aliphatic carbocycles. The summed E-state index contributed by atoms with van der Waals surface area (Å²) in [6, 6.07) is 0. The minimum absolute atomic E-state index is 0.699. The van der Waals surface area contributed by atoms with Crippen molar-refractivity contribution in [3.63, 3.8) is 0 Å². The molecule has 0 aromatic carbocycles. The number of hydrogen-bond donors (Lipinski definition) is 0. The van der Waals surface area contributed by atoms with E-state index in [4.69, 9.17) is 0 Å². The zero-order chi connectivity index (χ0) is 8.39. The Morgan fingerprint density at radius 2 is 2.25 bits per heavy atom. The van der Waals surface area contributed by atoms with Crippen molar-refractivity contribution in [3.8, 4) is 0 Å². The van der Waals surface area contributed by atoms with Gasteiger partial charge >= 0.3 is 0 Å². The van der Waals surface area contributed by atoms with E-state index in [9.17, 15) is 0 Å². The molecule has 0 spiro atoms. The molecule has 3 heteroatoms. The van der Waals surface area contributed by atoms with E-state index in [2.05, 4.69) is 23.4 Å². The maximum absolute atomic E-state index is 4.18. The zero-order valence-electron chi connectivity index (χ0n) is 7.53. The Morgan fingerprint density at radius 3 is 2.83 bits per heavy atom. The molecule has 0 bridgehead atoms. The largest absolute Gasteiger partial charge is 0.253 e. The number of hydrogen-bond acceptors (Lipinski definition) is 2. The maximum Gasteiger partial charge on any atom is 0.0857 e. The van der Waals surface area contributed by atoms with Gasteiger partial charge in [0.15, 0.2) is 0 Å². The van der Waals surface area contributed by atoms with Crippen molar-refractivity contribution in [1.29, 1.82) is 0 Å². The molecular formula is C9H15N3. The third-order valence-electron chi connectivity index (χ3n) is 2.65. The molecule has 12 heavy (non-hydrogen) atoms. The highest BCUT2D eigenvalue weighted by molar-refractivity contribution is 5.03. The lowest BCUT2D eigenvalue weighted by atomic mass is 10.1. The average molecular weight is 165 g/mol. The highest BCUT2D eigenvalue weighted by atomic mass is 15.4. The van der Waals surface area contributed by atoms with Crippen LogP contribution in [0, 0.1) is 0 Å². The minimum Gasteiger partial charge on any atom is -0.253 e. The van der Waals surface area contributed by atoms with Crippen LogP contribution in [0.2, 0.25) is 0 Å². The van der Waals surface area contributed by atoms with E-state index < -0.39 is 0 Å². The Morgan fingerprint density at radius 1 is 1.50 bits per heavy atom. The van der Waals surface area contributed by atoms with Crippen LogP contribution in [-0.2, 0) is 6.54 Å². The lowest BCUT2D eigenvalue weighted by Gasteiger charge is -2.01. The van der Waals surface area contributed by atoms with Crippen molar-refractivity contribution in [2.75, 3.05) is 0 Å². The lowest BCUT2D eigenvalue weighted by Crippen LogP contribution is -1.93. The molecule has 1 aliphatic rings. The normalized spacial score (nSPS) is 18.8. The Kier molecular flexibility index (Phi) is 2.11. The molecule has 3 nitrogen and oxygen atoms in total. The summed E-state index contributed by atoms with van der Waals surface area (Å²) in [5.74, 6) is 0.699. The van der Waals surface area contributed by atoms with Gasteiger partial charge in [0.25, 0.3) is 0 Å². The highest BCUT2D eigenvalue weighted by Crippen LogP contribution is 2.32. The number of aryl methyl sites for hydroxylation is 1. The van der Waals surface area contributed by atoms with Gasteiger partial charge in [-0.3, -0.25) is 4.68 Å². The quantitative estimate of drug-likeness (QED) is 0.670. The molecule has 2 rings (SSSR count). The van der Waals surface area contributed by atoms with Gasteiger partial charge in [-0.05, 0) is 19.8 Å². The van der Waals surface area contributed by atoms with Gasteiger partial charge in [0, 0.05) is 18.7 Å². The smallest absolute Gasteiger partial charge is 0.0857 e. The van der Waals surface area contributed by atoms with Crippen LogP contribution < -0.4 is 0 Å². The summed E-state index contributed by atoms with van der Waals surface area (Å²) in [6.07, 6.45) is 7.44. The number of nitrogens with zero attached hydrogens (tertiary/aromatic N) is 3. The van der Waals surface area contributed by atoms with Crippen LogP contribution >= 0.6 is 0 Å². The molecule has 0 amide bonds. The second-order valence-corrected chi connectivity index (χ2v) is 3.48. The topological polar surface area (TPSA) is 30.7 Å². The van der Waals surface area contributed by atoms with Crippen LogP contribution in [0.4, 0.5) is 0 Å². The Hall–Kier alpha value is -0.860. The molecular weight excluding hydrogens is 150 g/mol. The summed E-state index contributed by atoms with van der Waals surface area (Å²) in [5.41, 5.74) is 1.20. The summed E-state index contributed by atoms with van der Waals surface area (Å²) in [5, 5.41) is 8.23. The second-order valence-electron chi connectivity index (χ2n) is 3.48. The number of aromatic nitrogens is 3. The standard InChI is InChI=1S/C9H15N3/c1-2-12-7-9(10-11-12)8-5-3-4-6-8/h7-8H,2-6H2,1H3. The maximum atomic E-state index is 4.18. The molecule has 0 N–H and O–H groups in total. The van der Waals surface area contributed by atoms with Gasteiger partial charge in [0.1, 0.15) is 0 Å². The minimum atomic E-state index is 0.699. The molecule has 0 saturated heterocycles. The third-order valence-corrected chi connectivity index (χ3v) is 2.65. The van der Waals surface area contributed by atoms with Crippen molar-refractivity contribution in [2.45, 2.75) is 45.1 Å². The molecule has 0 unspecified atom stereocenters. The molecule has 1 saturated carbocycles. The fraction of sp³-hybridized carbons (Fsp3) is 0.778. The van der Waals surface area contributed by atoms with E-state index in [0.717, 1.165) is 6.54 Å².